The predicted octanol–water partition coefficient (Wildman–Crippen LogP) is 2.63. The van der Waals surface area contributed by atoms with Crippen LogP contribution < -0.4 is 10.1 Å². The number of methoxy groups -OCH3 is 2. The minimum Gasteiger partial charge on any atom is -0.497 e. The van der Waals surface area contributed by atoms with Crippen LogP contribution in [0.5, 0.6) is 5.75 Å². The predicted molar refractivity (Wildman–Crippen MR) is 87.2 cm³/mol. The third kappa shape index (κ3) is 4.66. The van der Waals surface area contributed by atoms with Gasteiger partial charge in [-0.15, -0.1) is 11.8 Å². The summed E-state index contributed by atoms with van der Waals surface area (Å²) in [6.45, 7) is 5.30. The van der Waals surface area contributed by atoms with Crippen molar-refractivity contribution in [3.63, 3.8) is 0 Å². The van der Waals surface area contributed by atoms with Crippen LogP contribution >= 0.6 is 11.8 Å². The van der Waals surface area contributed by atoms with Crippen molar-refractivity contribution >= 4 is 23.6 Å². The van der Waals surface area contributed by atoms with E-state index in [4.69, 9.17) is 9.47 Å². The van der Waals surface area contributed by atoms with Gasteiger partial charge in [-0.05, 0) is 44.5 Å². The number of nitrogens with one attached hydrogen (secondary N) is 1. The van der Waals surface area contributed by atoms with Crippen molar-refractivity contribution in [3.05, 3.63) is 24.3 Å². The van der Waals surface area contributed by atoms with Crippen LogP contribution in [0, 0.1) is 0 Å². The number of thioether (sulfide) groups is 1. The lowest BCUT2D eigenvalue weighted by molar-refractivity contribution is -0.150. The van der Waals surface area contributed by atoms with Gasteiger partial charge in [-0.25, -0.2) is 4.79 Å². The molecule has 0 unspecified atom stereocenters. The third-order valence-electron chi connectivity index (χ3n) is 3.48. The molecule has 22 heavy (non-hydrogen) atoms. The second-order valence-electron chi connectivity index (χ2n) is 5.10. The Hall–Kier alpha value is -1.69. The van der Waals surface area contributed by atoms with Crippen molar-refractivity contribution in [1.82, 2.24) is 5.32 Å². The molecule has 6 heteroatoms. The van der Waals surface area contributed by atoms with E-state index in [1.54, 1.807) is 21.0 Å². The molecule has 1 aromatic rings. The number of rotatable bonds is 7. The zero-order chi connectivity index (χ0) is 16.8. The van der Waals surface area contributed by atoms with Gasteiger partial charge in [0.1, 0.15) is 11.3 Å². The van der Waals surface area contributed by atoms with E-state index >= 15 is 0 Å². The minimum atomic E-state index is -0.999. The molecule has 1 aromatic carbocycles. The fraction of sp³-hybridized carbons (Fsp3) is 0.500. The highest BCUT2D eigenvalue weighted by atomic mass is 32.2. The molecule has 122 valence electrons. The highest BCUT2D eigenvalue weighted by molar-refractivity contribution is 8.00. The SMILES string of the molecule is CC[C@@](C)(NC(=O)[C@@H](C)Sc1ccc(OC)cc1)C(=O)OC. The average molecular weight is 325 g/mol. The molecular formula is C16H23NO4S. The number of hydrogen-bond donors (Lipinski definition) is 1. The van der Waals surface area contributed by atoms with Crippen LogP contribution in [0.4, 0.5) is 0 Å². The standard InChI is InChI=1S/C16H23NO4S/c1-6-16(3,15(19)21-5)17-14(18)11(2)22-13-9-7-12(20-4)8-10-13/h7-11H,6H2,1-5H3,(H,17,18)/t11-,16-/m1/s1. The maximum atomic E-state index is 12.3. The van der Waals surface area contributed by atoms with Crippen molar-refractivity contribution < 1.29 is 19.1 Å². The van der Waals surface area contributed by atoms with E-state index in [-0.39, 0.29) is 11.2 Å². The van der Waals surface area contributed by atoms with Crippen molar-refractivity contribution in [2.24, 2.45) is 0 Å². The molecule has 1 N–H and O–H groups in total. The van der Waals surface area contributed by atoms with Crippen LogP contribution in [0.3, 0.4) is 0 Å². The fourth-order valence-corrected chi connectivity index (χ4v) is 2.66. The van der Waals surface area contributed by atoms with Gasteiger partial charge < -0.3 is 14.8 Å². The first kappa shape index (κ1) is 18.4. The van der Waals surface area contributed by atoms with Gasteiger partial charge in [-0.2, -0.15) is 0 Å². The van der Waals surface area contributed by atoms with Gasteiger partial charge >= 0.3 is 5.97 Å². The van der Waals surface area contributed by atoms with Gasteiger partial charge in [-0.3, -0.25) is 4.79 Å². The topological polar surface area (TPSA) is 64.6 Å². The fourth-order valence-electron chi connectivity index (χ4n) is 1.79. The van der Waals surface area contributed by atoms with Gasteiger partial charge in [0.25, 0.3) is 0 Å². The first-order valence-electron chi connectivity index (χ1n) is 7.07. The summed E-state index contributed by atoms with van der Waals surface area (Å²) in [7, 11) is 2.93. The maximum Gasteiger partial charge on any atom is 0.331 e. The number of esters is 1. The Bertz CT molecular complexity index is 517. The lowest BCUT2D eigenvalue weighted by Gasteiger charge is -2.27. The molecule has 0 heterocycles. The number of hydrogen-bond acceptors (Lipinski definition) is 5. The molecule has 5 nitrogen and oxygen atoms in total. The van der Waals surface area contributed by atoms with E-state index in [2.05, 4.69) is 5.32 Å². The molecule has 0 saturated heterocycles. The van der Waals surface area contributed by atoms with Crippen LogP contribution in [0.15, 0.2) is 29.2 Å². The maximum absolute atomic E-state index is 12.3. The summed E-state index contributed by atoms with van der Waals surface area (Å²) < 4.78 is 9.86. The first-order valence-corrected chi connectivity index (χ1v) is 7.95. The van der Waals surface area contributed by atoms with Crippen molar-refractivity contribution in [2.75, 3.05) is 14.2 Å². The lowest BCUT2D eigenvalue weighted by Crippen LogP contribution is -2.54. The Morgan fingerprint density at radius 3 is 2.32 bits per heavy atom. The molecule has 0 spiro atoms. The van der Waals surface area contributed by atoms with E-state index in [1.807, 2.05) is 31.2 Å². The normalized spacial score (nSPS) is 14.6. The molecule has 1 amide bonds. The van der Waals surface area contributed by atoms with Crippen molar-refractivity contribution in [3.8, 4) is 5.75 Å². The number of benzene rings is 1. The summed E-state index contributed by atoms with van der Waals surface area (Å²) in [4.78, 5) is 25.1. The van der Waals surface area contributed by atoms with Crippen LogP contribution in [0.1, 0.15) is 27.2 Å². The Labute approximate surface area is 135 Å². The molecule has 0 aliphatic heterocycles. The average Bonchev–Trinajstić information content (AvgIpc) is 2.54. The van der Waals surface area contributed by atoms with Crippen molar-refractivity contribution in [2.45, 2.75) is 42.9 Å². The molecule has 0 aliphatic rings. The lowest BCUT2D eigenvalue weighted by atomic mass is 9.99. The van der Waals surface area contributed by atoms with Gasteiger partial charge in [0.05, 0.1) is 19.5 Å². The van der Waals surface area contributed by atoms with Crippen LogP contribution in [-0.2, 0) is 14.3 Å². The molecule has 0 radical (unpaired) electrons. The second kappa shape index (κ2) is 8.08. The van der Waals surface area contributed by atoms with Gasteiger partial charge in [-0.1, -0.05) is 6.92 Å². The van der Waals surface area contributed by atoms with Gasteiger partial charge in [0.2, 0.25) is 5.91 Å². The smallest absolute Gasteiger partial charge is 0.331 e. The summed E-state index contributed by atoms with van der Waals surface area (Å²) in [6.07, 6.45) is 0.464. The first-order chi connectivity index (χ1) is 10.4. The Morgan fingerprint density at radius 2 is 1.86 bits per heavy atom. The summed E-state index contributed by atoms with van der Waals surface area (Å²) in [5, 5.41) is 2.45. The monoisotopic (exact) mass is 325 g/mol. The third-order valence-corrected chi connectivity index (χ3v) is 4.60. The molecule has 1 rings (SSSR count). The largest absolute Gasteiger partial charge is 0.497 e. The summed E-state index contributed by atoms with van der Waals surface area (Å²) in [6, 6.07) is 7.48. The molecular weight excluding hydrogens is 302 g/mol. The van der Waals surface area contributed by atoms with E-state index in [9.17, 15) is 9.59 Å². The van der Waals surface area contributed by atoms with Crippen LogP contribution in [0.2, 0.25) is 0 Å². The number of amides is 1. The summed E-state index contributed by atoms with van der Waals surface area (Å²) >= 11 is 1.42. The quantitative estimate of drug-likeness (QED) is 0.617. The molecule has 0 bridgehead atoms. The summed E-state index contributed by atoms with van der Waals surface area (Å²) in [5.74, 6) is 0.131. The highest BCUT2D eigenvalue weighted by Gasteiger charge is 2.35. The van der Waals surface area contributed by atoms with E-state index in [0.717, 1.165) is 10.6 Å². The van der Waals surface area contributed by atoms with Gasteiger partial charge in [0.15, 0.2) is 0 Å². The van der Waals surface area contributed by atoms with Crippen molar-refractivity contribution in [1.29, 1.82) is 0 Å². The molecule has 0 saturated carbocycles. The molecule has 0 aliphatic carbocycles. The Morgan fingerprint density at radius 1 is 1.27 bits per heavy atom. The van der Waals surface area contributed by atoms with E-state index in [0.29, 0.717) is 6.42 Å². The van der Waals surface area contributed by atoms with Crippen LogP contribution in [-0.4, -0.2) is 36.9 Å². The summed E-state index contributed by atoms with van der Waals surface area (Å²) in [5.41, 5.74) is -0.999. The highest BCUT2D eigenvalue weighted by Crippen LogP contribution is 2.26. The molecule has 0 fully saturated rings. The zero-order valence-electron chi connectivity index (χ0n) is 13.6. The minimum absolute atomic E-state index is 0.199. The van der Waals surface area contributed by atoms with Gasteiger partial charge in [0, 0.05) is 4.90 Å². The Kier molecular flexibility index (Phi) is 6.74. The number of carbonyl (C=O) groups is 2. The zero-order valence-corrected chi connectivity index (χ0v) is 14.5. The number of carbonyl (C=O) groups excluding carboxylic acids is 2. The van der Waals surface area contributed by atoms with Crippen LogP contribution in [0.25, 0.3) is 0 Å². The Balaban J connectivity index is 2.69. The molecule has 2 atom stereocenters. The van der Waals surface area contributed by atoms with E-state index in [1.165, 1.54) is 18.9 Å². The number of ether oxygens (including phenoxy) is 2. The second-order valence-corrected chi connectivity index (χ2v) is 6.52. The molecule has 0 aromatic heterocycles. The van der Waals surface area contributed by atoms with E-state index < -0.39 is 11.5 Å².